The third-order valence-corrected chi connectivity index (χ3v) is 4.54. The van der Waals surface area contributed by atoms with Gasteiger partial charge in [-0.3, -0.25) is 4.79 Å². The highest BCUT2D eigenvalue weighted by Crippen LogP contribution is 2.22. The van der Waals surface area contributed by atoms with Crippen LogP contribution in [0.25, 0.3) is 11.3 Å². The van der Waals surface area contributed by atoms with Crippen molar-refractivity contribution in [3.8, 4) is 11.3 Å². The van der Waals surface area contributed by atoms with Crippen LogP contribution in [-0.4, -0.2) is 21.4 Å². The molecule has 0 aliphatic rings. The van der Waals surface area contributed by atoms with Gasteiger partial charge in [0.2, 0.25) is 0 Å². The molecule has 1 amide bonds. The topological polar surface area (TPSA) is 66.9 Å². The van der Waals surface area contributed by atoms with Crippen LogP contribution in [0, 0.1) is 5.82 Å². The van der Waals surface area contributed by atoms with E-state index in [0.29, 0.717) is 22.6 Å². The summed E-state index contributed by atoms with van der Waals surface area (Å²) < 4.78 is 13.4. The molecule has 0 unspecified atom stereocenters. The van der Waals surface area contributed by atoms with Crippen molar-refractivity contribution < 1.29 is 9.18 Å². The molecule has 6 heteroatoms. The predicted octanol–water partition coefficient (Wildman–Crippen LogP) is 4.94. The van der Waals surface area contributed by atoms with Gasteiger partial charge in [0.15, 0.2) is 0 Å². The third kappa shape index (κ3) is 4.91. The molecule has 0 aliphatic carbocycles. The van der Waals surface area contributed by atoms with Gasteiger partial charge in [-0.25, -0.2) is 14.4 Å². The van der Waals surface area contributed by atoms with Crippen molar-refractivity contribution in [3.05, 3.63) is 72.3 Å². The second-order valence-electron chi connectivity index (χ2n) is 7.19. The zero-order chi connectivity index (χ0) is 20.1. The summed E-state index contributed by atoms with van der Waals surface area (Å²) >= 11 is 0. The van der Waals surface area contributed by atoms with Gasteiger partial charge < -0.3 is 10.6 Å². The van der Waals surface area contributed by atoms with Gasteiger partial charge in [-0.05, 0) is 56.7 Å². The maximum absolute atomic E-state index is 13.4. The quantitative estimate of drug-likeness (QED) is 0.637. The average Bonchev–Trinajstić information content (AvgIpc) is 2.68. The first-order chi connectivity index (χ1) is 13.4. The number of anilines is 2. The van der Waals surface area contributed by atoms with Gasteiger partial charge in [0, 0.05) is 28.4 Å². The van der Waals surface area contributed by atoms with Crippen molar-refractivity contribution in [3.63, 3.8) is 0 Å². The number of hydrogen-bond acceptors (Lipinski definition) is 4. The molecule has 1 aromatic heterocycles. The summed E-state index contributed by atoms with van der Waals surface area (Å²) in [5, 5.41) is 6.19. The lowest BCUT2D eigenvalue weighted by Crippen LogP contribution is -2.42. The Bertz CT molecular complexity index is 970. The molecular weight excluding hydrogens is 355 g/mol. The van der Waals surface area contributed by atoms with E-state index in [2.05, 4.69) is 20.6 Å². The summed E-state index contributed by atoms with van der Waals surface area (Å²) in [6.07, 6.45) is 2.27. The minimum atomic E-state index is -0.314. The van der Waals surface area contributed by atoms with Crippen LogP contribution in [0.4, 0.5) is 15.9 Å². The fourth-order valence-electron chi connectivity index (χ4n) is 2.55. The largest absolute Gasteiger partial charge is 0.347 e. The molecule has 1 heterocycles. The molecule has 144 valence electrons. The number of rotatable bonds is 6. The molecule has 2 N–H and O–H groups in total. The summed E-state index contributed by atoms with van der Waals surface area (Å²) in [5.41, 5.74) is 2.43. The van der Waals surface area contributed by atoms with Gasteiger partial charge in [-0.2, -0.15) is 0 Å². The molecule has 0 radical (unpaired) electrons. The van der Waals surface area contributed by atoms with Gasteiger partial charge in [-0.1, -0.05) is 19.1 Å². The van der Waals surface area contributed by atoms with Crippen molar-refractivity contribution in [2.24, 2.45) is 0 Å². The number of hydrogen-bond donors (Lipinski definition) is 2. The van der Waals surface area contributed by atoms with Gasteiger partial charge in [0.05, 0.1) is 5.69 Å². The molecule has 0 atom stereocenters. The van der Waals surface area contributed by atoms with Crippen LogP contribution in [0.3, 0.4) is 0 Å². The lowest BCUT2D eigenvalue weighted by molar-refractivity contribution is 0.0911. The summed E-state index contributed by atoms with van der Waals surface area (Å²) in [6.45, 7) is 6.02. The number of benzene rings is 2. The van der Waals surface area contributed by atoms with Gasteiger partial charge in [0.25, 0.3) is 5.91 Å². The van der Waals surface area contributed by atoms with E-state index in [9.17, 15) is 9.18 Å². The monoisotopic (exact) mass is 378 g/mol. The Morgan fingerprint density at radius 3 is 2.50 bits per heavy atom. The van der Waals surface area contributed by atoms with Crippen molar-refractivity contribution in [1.82, 2.24) is 15.3 Å². The summed E-state index contributed by atoms with van der Waals surface area (Å²) in [6, 6.07) is 15.2. The van der Waals surface area contributed by atoms with Crippen LogP contribution < -0.4 is 10.6 Å². The Morgan fingerprint density at radius 1 is 1.07 bits per heavy atom. The number of carbonyl (C=O) groups is 1. The first-order valence-corrected chi connectivity index (χ1v) is 9.14. The van der Waals surface area contributed by atoms with E-state index < -0.39 is 0 Å². The maximum atomic E-state index is 13.4. The standard InChI is InChI=1S/C22H23FN4O/c1-4-22(2,3)27-21(28)15-8-10-18(11-9-15)26-20-13-19(24-14-25-20)16-6-5-7-17(23)12-16/h5-14H,4H2,1-3H3,(H,27,28)(H,24,25,26). The molecule has 3 rings (SSSR count). The molecule has 0 saturated carbocycles. The Balaban J connectivity index is 1.72. The highest BCUT2D eigenvalue weighted by molar-refractivity contribution is 5.95. The molecule has 0 aliphatic heterocycles. The van der Waals surface area contributed by atoms with Crippen molar-refractivity contribution in [2.45, 2.75) is 32.7 Å². The molecule has 0 bridgehead atoms. The fourth-order valence-corrected chi connectivity index (χ4v) is 2.55. The van der Waals surface area contributed by atoms with Crippen LogP contribution in [-0.2, 0) is 0 Å². The molecule has 5 nitrogen and oxygen atoms in total. The maximum Gasteiger partial charge on any atom is 0.251 e. The second-order valence-corrected chi connectivity index (χ2v) is 7.19. The smallest absolute Gasteiger partial charge is 0.251 e. The highest BCUT2D eigenvalue weighted by Gasteiger charge is 2.18. The van der Waals surface area contributed by atoms with Gasteiger partial charge >= 0.3 is 0 Å². The van der Waals surface area contributed by atoms with E-state index in [1.54, 1.807) is 30.3 Å². The zero-order valence-electron chi connectivity index (χ0n) is 16.2. The van der Waals surface area contributed by atoms with Crippen LogP contribution in [0.5, 0.6) is 0 Å². The van der Waals surface area contributed by atoms with Gasteiger partial charge in [0.1, 0.15) is 18.0 Å². The number of nitrogens with zero attached hydrogens (tertiary/aromatic N) is 2. The van der Waals surface area contributed by atoms with Crippen LogP contribution in [0.1, 0.15) is 37.6 Å². The van der Waals surface area contributed by atoms with Crippen molar-refractivity contribution >= 4 is 17.4 Å². The minimum Gasteiger partial charge on any atom is -0.347 e. The van der Waals surface area contributed by atoms with Crippen molar-refractivity contribution in [2.75, 3.05) is 5.32 Å². The summed E-state index contributed by atoms with van der Waals surface area (Å²) in [7, 11) is 0. The molecule has 0 fully saturated rings. The molecule has 0 saturated heterocycles. The lowest BCUT2D eigenvalue weighted by atomic mass is 10.0. The van der Waals surface area contributed by atoms with Crippen LogP contribution in [0.2, 0.25) is 0 Å². The highest BCUT2D eigenvalue weighted by atomic mass is 19.1. The van der Waals surface area contributed by atoms with Gasteiger partial charge in [-0.15, -0.1) is 0 Å². The number of nitrogens with one attached hydrogen (secondary N) is 2. The van der Waals surface area contributed by atoms with E-state index in [1.165, 1.54) is 18.5 Å². The van der Waals surface area contributed by atoms with Crippen LogP contribution in [0.15, 0.2) is 60.9 Å². The first kappa shape index (κ1) is 19.5. The Kier molecular flexibility index (Phi) is 5.68. The molecular formula is C22H23FN4O. The SMILES string of the molecule is CCC(C)(C)NC(=O)c1ccc(Nc2cc(-c3cccc(F)c3)ncn2)cc1. The van der Waals surface area contributed by atoms with Crippen LogP contribution >= 0.6 is 0 Å². The number of amides is 1. The zero-order valence-corrected chi connectivity index (χ0v) is 16.2. The number of carbonyl (C=O) groups excluding carboxylic acids is 1. The summed E-state index contributed by atoms with van der Waals surface area (Å²) in [4.78, 5) is 20.7. The van der Waals surface area contributed by atoms with E-state index in [0.717, 1.165) is 12.1 Å². The number of halogens is 1. The Hall–Kier alpha value is -3.28. The lowest BCUT2D eigenvalue weighted by Gasteiger charge is -2.24. The van der Waals surface area contributed by atoms with E-state index >= 15 is 0 Å². The van der Waals surface area contributed by atoms with Crippen molar-refractivity contribution in [1.29, 1.82) is 0 Å². The Labute approximate surface area is 164 Å². The predicted molar refractivity (Wildman–Crippen MR) is 109 cm³/mol. The molecule has 2 aromatic carbocycles. The van der Waals surface area contributed by atoms with E-state index in [1.807, 2.05) is 32.9 Å². The first-order valence-electron chi connectivity index (χ1n) is 9.14. The Morgan fingerprint density at radius 2 is 1.82 bits per heavy atom. The average molecular weight is 378 g/mol. The second kappa shape index (κ2) is 8.17. The summed E-state index contributed by atoms with van der Waals surface area (Å²) in [5.74, 6) is 0.165. The molecule has 28 heavy (non-hydrogen) atoms. The molecule has 0 spiro atoms. The van der Waals surface area contributed by atoms with E-state index in [-0.39, 0.29) is 17.3 Å². The fraction of sp³-hybridized carbons (Fsp3) is 0.227. The third-order valence-electron chi connectivity index (χ3n) is 4.54. The minimum absolute atomic E-state index is 0.103. The normalized spacial score (nSPS) is 11.1. The van der Waals surface area contributed by atoms with E-state index in [4.69, 9.17) is 0 Å². The molecule has 3 aromatic rings. The number of aromatic nitrogens is 2.